The van der Waals surface area contributed by atoms with Crippen LogP contribution in [0.3, 0.4) is 0 Å². The van der Waals surface area contributed by atoms with Crippen LogP contribution in [0.2, 0.25) is 0 Å². The molecule has 0 spiro atoms. The van der Waals surface area contributed by atoms with Gasteiger partial charge in [0.25, 0.3) is 0 Å². The van der Waals surface area contributed by atoms with Gasteiger partial charge in [-0.15, -0.1) is 0 Å². The average molecular weight is 460 g/mol. The summed E-state index contributed by atoms with van der Waals surface area (Å²) >= 11 is 0. The molecule has 0 aromatic carbocycles. The first kappa shape index (κ1) is 29.3. The van der Waals surface area contributed by atoms with E-state index >= 15 is 0 Å². The van der Waals surface area contributed by atoms with Crippen LogP contribution in [-0.4, -0.2) is 18.5 Å². The van der Waals surface area contributed by atoms with Crippen LogP contribution in [0, 0.1) is 76.9 Å². The molecular weight excluding hydrogens is 460 g/mol. The van der Waals surface area contributed by atoms with Crippen molar-refractivity contribution in [3.05, 3.63) is 0 Å². The molecule has 0 aliphatic carbocycles. The molecule has 14 heavy (non-hydrogen) atoms. The molecule has 0 aromatic heterocycles. The summed E-state index contributed by atoms with van der Waals surface area (Å²) in [6, 6.07) is 0. The Bertz CT molecular complexity index is 118. The molecule has 0 radical (unpaired) electrons. The minimum Gasteiger partial charge on any atom is -0.652 e. The number of hydrogen-bond acceptors (Lipinski definition) is 9. The van der Waals surface area contributed by atoms with Gasteiger partial charge in [0.2, 0.25) is 0 Å². The SMILES string of the molecule is O=C([O-])[O-].O=C([O-])[O-].O=C([O-])[O-].[La+3].[Pr+3]. The molecule has 0 saturated carbocycles. The Morgan fingerprint density at radius 1 is 0.571 bits per heavy atom. The Labute approximate surface area is 138 Å². The first-order valence-electron chi connectivity index (χ1n) is 1.84. The number of carboxylic acid groups (broad SMARTS) is 6. The van der Waals surface area contributed by atoms with Gasteiger partial charge in [-0.1, -0.05) is 0 Å². The van der Waals surface area contributed by atoms with E-state index in [0.29, 0.717) is 0 Å². The molecule has 0 aliphatic rings. The minimum atomic E-state index is -2.33. The van der Waals surface area contributed by atoms with Crippen molar-refractivity contribution < 1.29 is 122 Å². The Hall–Kier alpha value is 0.368. The van der Waals surface area contributed by atoms with E-state index in [-0.39, 0.29) is 76.9 Å². The molecule has 0 aromatic rings. The third-order valence-corrected chi connectivity index (χ3v) is 0. The van der Waals surface area contributed by atoms with Crippen LogP contribution in [0.5, 0.6) is 0 Å². The van der Waals surface area contributed by atoms with Gasteiger partial charge in [0.1, 0.15) is 0 Å². The van der Waals surface area contributed by atoms with Crippen LogP contribution in [0.4, 0.5) is 14.4 Å². The monoisotopic (exact) mass is 460 g/mol. The van der Waals surface area contributed by atoms with Crippen molar-refractivity contribution in [2.45, 2.75) is 0 Å². The fourth-order valence-corrected chi connectivity index (χ4v) is 0. The molecule has 0 atom stereocenters. The van der Waals surface area contributed by atoms with Crippen LogP contribution < -0.4 is 30.6 Å². The van der Waals surface area contributed by atoms with Crippen LogP contribution in [0.15, 0.2) is 0 Å². The van der Waals surface area contributed by atoms with E-state index in [9.17, 15) is 0 Å². The summed E-state index contributed by atoms with van der Waals surface area (Å²) in [4.78, 5) is 25.0. The van der Waals surface area contributed by atoms with Crippen molar-refractivity contribution >= 4 is 18.5 Å². The smallest absolute Gasteiger partial charge is 0.652 e. The second-order valence-corrected chi connectivity index (χ2v) is 0.750. The molecule has 0 N–H and O–H groups in total. The molecule has 0 unspecified atom stereocenters. The van der Waals surface area contributed by atoms with Gasteiger partial charge in [-0.3, -0.25) is 0 Å². The molecule has 0 bridgehead atoms. The fourth-order valence-electron chi connectivity index (χ4n) is 0. The summed E-state index contributed by atoms with van der Waals surface area (Å²) in [5.41, 5.74) is 0. The van der Waals surface area contributed by atoms with Crippen LogP contribution in [0.25, 0.3) is 0 Å². The molecule has 0 rings (SSSR count). The maximum absolute atomic E-state index is 8.33. The van der Waals surface area contributed by atoms with Crippen LogP contribution >= 0.6 is 0 Å². The predicted octanol–water partition coefficient (Wildman–Crippen LogP) is -7.34. The van der Waals surface area contributed by atoms with Crippen LogP contribution in [-0.2, 0) is 0 Å². The molecule has 72 valence electrons. The van der Waals surface area contributed by atoms with E-state index in [1.807, 2.05) is 0 Å². The van der Waals surface area contributed by atoms with E-state index < -0.39 is 18.5 Å². The number of carbonyl (C=O) groups is 3. The van der Waals surface area contributed by atoms with E-state index in [1.165, 1.54) is 0 Å². The van der Waals surface area contributed by atoms with Gasteiger partial charge in [0.05, 0.1) is 0 Å². The first-order valence-corrected chi connectivity index (χ1v) is 1.84. The second kappa shape index (κ2) is 23.3. The topological polar surface area (TPSA) is 190 Å². The van der Waals surface area contributed by atoms with Crippen molar-refractivity contribution in [3.63, 3.8) is 0 Å². The Kier molecular flexibility index (Phi) is 48.7. The van der Waals surface area contributed by atoms with Crippen molar-refractivity contribution in [2.24, 2.45) is 0 Å². The molecule has 0 aliphatic heterocycles. The maximum Gasteiger partial charge on any atom is 3.00 e. The van der Waals surface area contributed by atoms with E-state index in [2.05, 4.69) is 0 Å². The quantitative estimate of drug-likeness (QED) is 0.338. The summed E-state index contributed by atoms with van der Waals surface area (Å²) in [6.45, 7) is 0. The molecule has 9 nitrogen and oxygen atoms in total. The molecule has 0 saturated heterocycles. The maximum atomic E-state index is 8.33. The number of hydrogen-bond donors (Lipinski definition) is 0. The third kappa shape index (κ3) is 11800. The zero-order chi connectivity index (χ0) is 10.7. The Balaban J connectivity index is -0.0000000270. The van der Waals surface area contributed by atoms with Gasteiger partial charge in [-0.25, -0.2) is 0 Å². The summed E-state index contributed by atoms with van der Waals surface area (Å²) in [5.74, 6) is 0. The zero-order valence-corrected chi connectivity index (χ0v) is 13.7. The summed E-state index contributed by atoms with van der Waals surface area (Å²) in [6.07, 6.45) is -7.00. The van der Waals surface area contributed by atoms with Gasteiger partial charge in [0.15, 0.2) is 0 Å². The molecule has 11 heteroatoms. The normalized spacial score (nSPS) is 5.14. The third-order valence-electron chi connectivity index (χ3n) is 0. The van der Waals surface area contributed by atoms with Crippen molar-refractivity contribution in [1.29, 1.82) is 0 Å². The zero-order valence-electron chi connectivity index (χ0n) is 6.33. The average Bonchev–Trinajstić information content (AvgIpc) is 1.54. The minimum absolute atomic E-state index is 0. The summed E-state index contributed by atoms with van der Waals surface area (Å²) in [5, 5.41) is 50.0. The summed E-state index contributed by atoms with van der Waals surface area (Å²) < 4.78 is 0. The molecule has 0 amide bonds. The van der Waals surface area contributed by atoms with E-state index in [0.717, 1.165) is 0 Å². The Morgan fingerprint density at radius 3 is 0.571 bits per heavy atom. The standard InChI is InChI=1S/3CH2O3.La.Pr/c3*2-1(3)4;;/h3*(H2,2,3,4);;/q;;;2*+3/p-6. The molecule has 0 fully saturated rings. The largest absolute Gasteiger partial charge is 3.00 e. The van der Waals surface area contributed by atoms with Gasteiger partial charge in [-0.2, -0.15) is 0 Å². The number of carbonyl (C=O) groups excluding carboxylic acids is 3. The van der Waals surface area contributed by atoms with Gasteiger partial charge in [-0.05, 0) is 18.5 Å². The fraction of sp³-hybridized carbons (Fsp3) is 0. The van der Waals surface area contributed by atoms with Gasteiger partial charge in [0, 0.05) is 0 Å². The van der Waals surface area contributed by atoms with Crippen molar-refractivity contribution in [3.8, 4) is 0 Å². The van der Waals surface area contributed by atoms with Gasteiger partial charge < -0.3 is 45.0 Å². The van der Waals surface area contributed by atoms with E-state index in [1.54, 1.807) is 0 Å². The first-order chi connectivity index (χ1) is 5.20. The number of rotatable bonds is 0. The molecule has 0 heterocycles. The van der Waals surface area contributed by atoms with E-state index in [4.69, 9.17) is 45.0 Å². The second-order valence-electron chi connectivity index (χ2n) is 0.750. The van der Waals surface area contributed by atoms with Crippen LogP contribution in [0.1, 0.15) is 0 Å². The summed E-state index contributed by atoms with van der Waals surface area (Å²) in [7, 11) is 0. The predicted molar refractivity (Wildman–Crippen MR) is 16.2 cm³/mol. The van der Waals surface area contributed by atoms with Crippen molar-refractivity contribution in [2.75, 3.05) is 0 Å². The van der Waals surface area contributed by atoms with Crippen molar-refractivity contribution in [1.82, 2.24) is 0 Å². The Morgan fingerprint density at radius 2 is 0.571 bits per heavy atom. The van der Waals surface area contributed by atoms with Gasteiger partial charge >= 0.3 is 76.9 Å². The molecular formula is C3LaO9Pr.